The molecule has 0 bridgehead atoms. The maximum atomic E-state index is 12.3. The van der Waals surface area contributed by atoms with Crippen LogP contribution in [0.4, 0.5) is 10.3 Å². The lowest BCUT2D eigenvalue weighted by atomic mass is 10.2. The zero-order valence-corrected chi connectivity index (χ0v) is 12.6. The van der Waals surface area contributed by atoms with Gasteiger partial charge in [-0.25, -0.2) is 4.39 Å². The van der Waals surface area contributed by atoms with Crippen LogP contribution in [0.2, 0.25) is 0 Å². The minimum Gasteiger partial charge on any atom is -0.491 e. The fraction of sp³-hybridized carbons (Fsp3) is 0.125. The van der Waals surface area contributed by atoms with Crippen molar-refractivity contribution < 1.29 is 13.9 Å². The van der Waals surface area contributed by atoms with Crippen molar-refractivity contribution >= 4 is 11.9 Å². The van der Waals surface area contributed by atoms with Crippen LogP contribution in [0.5, 0.6) is 5.75 Å². The van der Waals surface area contributed by atoms with E-state index in [1.165, 1.54) is 11.0 Å². The van der Waals surface area contributed by atoms with Gasteiger partial charge in [0.05, 0.1) is 5.69 Å². The molecule has 0 saturated heterocycles. The molecule has 0 spiro atoms. The first-order valence-corrected chi connectivity index (χ1v) is 7.18. The summed E-state index contributed by atoms with van der Waals surface area (Å²) in [5.41, 5.74) is 1.15. The first-order chi connectivity index (χ1) is 11.8. The monoisotopic (exact) mass is 327 g/mol. The molecule has 122 valence electrons. The maximum Gasteiger partial charge on any atom is 0.258 e. The summed E-state index contributed by atoms with van der Waals surface area (Å²) in [4.78, 5) is 20.3. The largest absolute Gasteiger partial charge is 0.491 e. The van der Waals surface area contributed by atoms with Crippen molar-refractivity contribution in [2.45, 2.75) is 0 Å². The Morgan fingerprint density at radius 3 is 2.62 bits per heavy atom. The average molecular weight is 327 g/mol. The van der Waals surface area contributed by atoms with Crippen molar-refractivity contribution in [1.29, 1.82) is 0 Å². The number of nitrogens with one attached hydrogen (secondary N) is 1. The Hall–Kier alpha value is -3.29. The van der Waals surface area contributed by atoms with Gasteiger partial charge >= 0.3 is 0 Å². The first kappa shape index (κ1) is 15.6. The average Bonchev–Trinajstić information content (AvgIpc) is 3.09. The number of pyridine rings is 1. The van der Waals surface area contributed by atoms with E-state index in [1.807, 2.05) is 0 Å². The molecule has 2 heterocycles. The molecule has 0 unspecified atom stereocenters. The van der Waals surface area contributed by atoms with E-state index in [1.54, 1.807) is 48.8 Å². The molecule has 0 atom stereocenters. The predicted molar refractivity (Wildman–Crippen MR) is 85.0 cm³/mol. The van der Waals surface area contributed by atoms with E-state index in [4.69, 9.17) is 4.74 Å². The number of amides is 1. The Labute approximate surface area is 137 Å². The van der Waals surface area contributed by atoms with Gasteiger partial charge in [-0.3, -0.25) is 15.1 Å². The van der Waals surface area contributed by atoms with Crippen LogP contribution in [0.25, 0.3) is 5.69 Å². The Morgan fingerprint density at radius 2 is 1.92 bits per heavy atom. The van der Waals surface area contributed by atoms with Gasteiger partial charge in [-0.15, -0.1) is 0 Å². The van der Waals surface area contributed by atoms with Crippen LogP contribution in [0.3, 0.4) is 0 Å². The number of aromatic nitrogens is 4. The highest BCUT2D eigenvalue weighted by Crippen LogP contribution is 2.15. The van der Waals surface area contributed by atoms with E-state index in [-0.39, 0.29) is 12.5 Å². The number of anilines is 1. The number of hydrogen-bond donors (Lipinski definition) is 1. The summed E-state index contributed by atoms with van der Waals surface area (Å²) in [6, 6.07) is 9.91. The summed E-state index contributed by atoms with van der Waals surface area (Å²) in [6.45, 7) is -0.576. The van der Waals surface area contributed by atoms with E-state index in [0.717, 1.165) is 5.69 Å². The zero-order valence-electron chi connectivity index (χ0n) is 12.6. The lowest BCUT2D eigenvalue weighted by Gasteiger charge is -2.08. The molecule has 3 rings (SSSR count). The van der Waals surface area contributed by atoms with E-state index >= 15 is 0 Å². The number of hydrogen-bond acceptors (Lipinski definition) is 5. The Kier molecular flexibility index (Phi) is 4.76. The highest BCUT2D eigenvalue weighted by atomic mass is 19.1. The van der Waals surface area contributed by atoms with Crippen LogP contribution in [-0.4, -0.2) is 38.9 Å². The molecular weight excluding hydrogens is 313 g/mol. The topological polar surface area (TPSA) is 81.9 Å². The Bertz CT molecular complexity index is 805. The number of benzene rings is 1. The highest BCUT2D eigenvalue weighted by Gasteiger charge is 2.12. The standard InChI is InChI=1S/C16H14FN5O2/c17-7-10-24-14-3-1-12(2-4-14)15(23)21-16-19-11-20-22(16)13-5-8-18-9-6-13/h1-6,8-9,11H,7,10H2,(H,19,20,21,23). The Morgan fingerprint density at radius 1 is 1.17 bits per heavy atom. The second-order valence-electron chi connectivity index (χ2n) is 4.72. The smallest absolute Gasteiger partial charge is 0.258 e. The maximum absolute atomic E-state index is 12.3. The number of rotatable bonds is 6. The number of halogens is 1. The third-order valence-electron chi connectivity index (χ3n) is 3.14. The van der Waals surface area contributed by atoms with Gasteiger partial charge in [0.1, 0.15) is 25.4 Å². The molecular formula is C16H14FN5O2. The molecule has 1 amide bonds. The Balaban J connectivity index is 1.73. The fourth-order valence-electron chi connectivity index (χ4n) is 2.03. The minimum absolute atomic E-state index is 0.0133. The number of carbonyl (C=O) groups is 1. The highest BCUT2D eigenvalue weighted by molar-refractivity contribution is 6.03. The van der Waals surface area contributed by atoms with E-state index in [2.05, 4.69) is 20.4 Å². The van der Waals surface area contributed by atoms with Gasteiger partial charge in [0, 0.05) is 18.0 Å². The second-order valence-corrected chi connectivity index (χ2v) is 4.72. The molecule has 2 aromatic heterocycles. The summed E-state index contributed by atoms with van der Waals surface area (Å²) >= 11 is 0. The SMILES string of the molecule is O=C(Nc1ncnn1-c1ccncc1)c1ccc(OCCF)cc1. The quantitative estimate of drug-likeness (QED) is 0.751. The van der Waals surface area contributed by atoms with E-state index < -0.39 is 6.67 Å². The van der Waals surface area contributed by atoms with Crippen molar-refractivity contribution in [3.05, 3.63) is 60.7 Å². The summed E-state index contributed by atoms with van der Waals surface area (Å²) in [5.74, 6) is 0.462. The molecule has 8 heteroatoms. The zero-order chi connectivity index (χ0) is 16.8. The van der Waals surface area contributed by atoms with Gasteiger partial charge < -0.3 is 4.74 Å². The third-order valence-corrected chi connectivity index (χ3v) is 3.14. The number of ether oxygens (including phenoxy) is 1. The van der Waals surface area contributed by atoms with Gasteiger partial charge in [-0.1, -0.05) is 0 Å². The van der Waals surface area contributed by atoms with Crippen molar-refractivity contribution in [2.24, 2.45) is 0 Å². The molecule has 1 aromatic carbocycles. The third kappa shape index (κ3) is 3.54. The van der Waals surface area contributed by atoms with Gasteiger partial charge in [-0.05, 0) is 36.4 Å². The molecule has 0 radical (unpaired) electrons. The fourth-order valence-corrected chi connectivity index (χ4v) is 2.03. The normalized spacial score (nSPS) is 10.4. The van der Waals surface area contributed by atoms with Crippen molar-refractivity contribution in [3.8, 4) is 11.4 Å². The molecule has 0 fully saturated rings. The van der Waals surface area contributed by atoms with Gasteiger partial charge in [0.15, 0.2) is 0 Å². The van der Waals surface area contributed by atoms with Crippen molar-refractivity contribution in [1.82, 2.24) is 19.7 Å². The van der Waals surface area contributed by atoms with Crippen molar-refractivity contribution in [3.63, 3.8) is 0 Å². The predicted octanol–water partition coefficient (Wildman–Crippen LogP) is 2.26. The molecule has 0 saturated carbocycles. The van der Waals surface area contributed by atoms with Gasteiger partial charge in [0.2, 0.25) is 5.95 Å². The lowest BCUT2D eigenvalue weighted by molar-refractivity contribution is 0.102. The number of nitrogens with zero attached hydrogens (tertiary/aromatic N) is 4. The van der Waals surface area contributed by atoms with Crippen LogP contribution < -0.4 is 10.1 Å². The summed E-state index contributed by atoms with van der Waals surface area (Å²) < 4.78 is 18.7. The summed E-state index contributed by atoms with van der Waals surface area (Å²) in [6.07, 6.45) is 4.60. The molecule has 0 aliphatic carbocycles. The van der Waals surface area contributed by atoms with Gasteiger partial charge in [0.25, 0.3) is 5.91 Å². The summed E-state index contributed by atoms with van der Waals surface area (Å²) in [5, 5.41) is 6.79. The van der Waals surface area contributed by atoms with Crippen molar-refractivity contribution in [2.75, 3.05) is 18.6 Å². The molecule has 7 nitrogen and oxygen atoms in total. The molecule has 3 aromatic rings. The molecule has 0 aliphatic heterocycles. The van der Waals surface area contributed by atoms with Crippen LogP contribution in [-0.2, 0) is 0 Å². The van der Waals surface area contributed by atoms with Crippen LogP contribution in [0.15, 0.2) is 55.1 Å². The van der Waals surface area contributed by atoms with E-state index in [0.29, 0.717) is 17.3 Å². The van der Waals surface area contributed by atoms with Crippen LogP contribution in [0.1, 0.15) is 10.4 Å². The molecule has 1 N–H and O–H groups in total. The van der Waals surface area contributed by atoms with Crippen LogP contribution >= 0.6 is 0 Å². The number of carbonyl (C=O) groups excluding carboxylic acids is 1. The van der Waals surface area contributed by atoms with E-state index in [9.17, 15) is 9.18 Å². The number of alkyl halides is 1. The molecule has 24 heavy (non-hydrogen) atoms. The van der Waals surface area contributed by atoms with Crippen LogP contribution in [0, 0.1) is 0 Å². The second kappa shape index (κ2) is 7.32. The lowest BCUT2D eigenvalue weighted by Crippen LogP contribution is -2.16. The summed E-state index contributed by atoms with van der Waals surface area (Å²) in [7, 11) is 0. The molecule has 0 aliphatic rings. The van der Waals surface area contributed by atoms with Gasteiger partial charge in [-0.2, -0.15) is 14.8 Å². The first-order valence-electron chi connectivity index (χ1n) is 7.18. The minimum atomic E-state index is -0.563.